The van der Waals surface area contributed by atoms with E-state index in [0.717, 1.165) is 5.56 Å². The Hall–Kier alpha value is -1.31. The van der Waals surface area contributed by atoms with Crippen LogP contribution in [0.1, 0.15) is 31.9 Å². The van der Waals surface area contributed by atoms with Crippen LogP contribution in [0.15, 0.2) is 18.2 Å². The summed E-state index contributed by atoms with van der Waals surface area (Å²) in [5.74, 6) is 0. The predicted molar refractivity (Wildman–Crippen MR) is 59.7 cm³/mol. The van der Waals surface area contributed by atoms with Crippen LogP contribution >= 0.6 is 0 Å². The Balaban J connectivity index is 3.27. The van der Waals surface area contributed by atoms with Gasteiger partial charge in [0.25, 0.3) is 0 Å². The molecule has 4 heteroatoms. The van der Waals surface area contributed by atoms with Crippen molar-refractivity contribution in [3.8, 4) is 6.07 Å². The monoisotopic (exact) mass is 203 g/mol. The van der Waals surface area contributed by atoms with Crippen LogP contribution in [-0.4, -0.2) is 17.2 Å². The van der Waals surface area contributed by atoms with Gasteiger partial charge in [0.1, 0.15) is 0 Å². The van der Waals surface area contributed by atoms with Crippen molar-refractivity contribution < 1.29 is 10.0 Å². The van der Waals surface area contributed by atoms with Crippen molar-refractivity contribution in [1.29, 1.82) is 5.26 Å². The van der Waals surface area contributed by atoms with Gasteiger partial charge in [0, 0.05) is 0 Å². The van der Waals surface area contributed by atoms with Crippen LogP contribution in [0.2, 0.25) is 0 Å². The number of nitriles is 1. The third-order valence-electron chi connectivity index (χ3n) is 2.32. The number of nitrogens with zero attached hydrogens (tertiary/aromatic N) is 1. The van der Waals surface area contributed by atoms with E-state index in [9.17, 15) is 0 Å². The second-order valence-electron chi connectivity index (χ2n) is 4.54. The second-order valence-corrected chi connectivity index (χ2v) is 4.54. The van der Waals surface area contributed by atoms with Crippen LogP contribution in [0, 0.1) is 11.3 Å². The average Bonchev–Trinajstić information content (AvgIpc) is 2.15. The molecule has 3 nitrogen and oxygen atoms in total. The molecule has 1 aromatic rings. The zero-order chi connectivity index (χ0) is 11.6. The first kappa shape index (κ1) is 11.8. The molecule has 1 aromatic carbocycles. The van der Waals surface area contributed by atoms with E-state index in [4.69, 9.17) is 15.3 Å². The van der Waals surface area contributed by atoms with Gasteiger partial charge in [-0.2, -0.15) is 5.26 Å². The highest BCUT2D eigenvalue weighted by Gasteiger charge is 2.20. The molecule has 0 aliphatic heterocycles. The van der Waals surface area contributed by atoms with E-state index in [1.807, 2.05) is 32.9 Å². The fraction of sp³-hybridized carbons (Fsp3) is 0.364. The van der Waals surface area contributed by atoms with Crippen LogP contribution in [0.4, 0.5) is 0 Å². The number of hydrogen-bond donors (Lipinski definition) is 2. The lowest BCUT2D eigenvalue weighted by Crippen LogP contribution is -2.32. The fourth-order valence-electron chi connectivity index (χ4n) is 1.34. The normalized spacial score (nSPS) is 10.9. The standard InChI is InChI=1S/C11H14BNO2/c1-11(2,3)9-4-5-10(12(14)15)8(6-9)7-13/h4-6,14-15H,1-3H3. The minimum absolute atomic E-state index is 0.0511. The Morgan fingerprint density at radius 3 is 2.27 bits per heavy atom. The van der Waals surface area contributed by atoms with Crippen molar-refractivity contribution in [2.45, 2.75) is 26.2 Å². The van der Waals surface area contributed by atoms with Crippen molar-refractivity contribution in [2.24, 2.45) is 0 Å². The summed E-state index contributed by atoms with van der Waals surface area (Å²) in [4.78, 5) is 0. The van der Waals surface area contributed by atoms with Gasteiger partial charge in [-0.1, -0.05) is 32.9 Å². The molecule has 78 valence electrons. The highest BCUT2D eigenvalue weighted by atomic mass is 16.4. The minimum Gasteiger partial charge on any atom is -0.423 e. The van der Waals surface area contributed by atoms with E-state index in [-0.39, 0.29) is 10.9 Å². The van der Waals surface area contributed by atoms with Crippen LogP contribution in [-0.2, 0) is 5.41 Å². The van der Waals surface area contributed by atoms with Crippen LogP contribution < -0.4 is 5.46 Å². The third kappa shape index (κ3) is 2.59. The Labute approximate surface area is 90.1 Å². The van der Waals surface area contributed by atoms with Gasteiger partial charge in [-0.05, 0) is 22.5 Å². The molecule has 0 heterocycles. The van der Waals surface area contributed by atoms with E-state index < -0.39 is 7.12 Å². The molecular formula is C11H14BNO2. The summed E-state index contributed by atoms with van der Waals surface area (Å²) in [6, 6.07) is 7.07. The van der Waals surface area contributed by atoms with Crippen molar-refractivity contribution in [3.05, 3.63) is 29.3 Å². The van der Waals surface area contributed by atoms with Gasteiger partial charge < -0.3 is 10.0 Å². The maximum atomic E-state index is 9.03. The first-order valence-electron chi connectivity index (χ1n) is 4.77. The minimum atomic E-state index is -1.59. The summed E-state index contributed by atoms with van der Waals surface area (Å²) in [5, 5.41) is 27.0. The van der Waals surface area contributed by atoms with E-state index in [1.165, 1.54) is 0 Å². The first-order chi connectivity index (χ1) is 6.86. The highest BCUT2D eigenvalue weighted by Crippen LogP contribution is 2.22. The summed E-state index contributed by atoms with van der Waals surface area (Å²) in [5.41, 5.74) is 1.52. The fourth-order valence-corrected chi connectivity index (χ4v) is 1.34. The van der Waals surface area contributed by atoms with Crippen LogP contribution in [0.3, 0.4) is 0 Å². The van der Waals surface area contributed by atoms with Crippen LogP contribution in [0.25, 0.3) is 0 Å². The lowest BCUT2D eigenvalue weighted by Gasteiger charge is -2.19. The average molecular weight is 203 g/mol. The Kier molecular flexibility index (Phi) is 3.18. The number of rotatable bonds is 1. The molecule has 0 aliphatic rings. The summed E-state index contributed by atoms with van der Waals surface area (Å²) >= 11 is 0. The van der Waals surface area contributed by atoms with Crippen LogP contribution in [0.5, 0.6) is 0 Å². The number of benzene rings is 1. The van der Waals surface area contributed by atoms with E-state index in [2.05, 4.69) is 0 Å². The van der Waals surface area contributed by atoms with Gasteiger partial charge in [-0.15, -0.1) is 0 Å². The molecule has 0 aliphatic carbocycles. The molecule has 0 atom stereocenters. The van der Waals surface area contributed by atoms with E-state index in [1.54, 1.807) is 12.1 Å². The molecule has 0 saturated carbocycles. The molecule has 0 spiro atoms. The highest BCUT2D eigenvalue weighted by molar-refractivity contribution is 6.59. The first-order valence-corrected chi connectivity index (χ1v) is 4.77. The zero-order valence-corrected chi connectivity index (χ0v) is 9.15. The summed E-state index contributed by atoms with van der Waals surface area (Å²) < 4.78 is 0. The van der Waals surface area contributed by atoms with Gasteiger partial charge in [0.15, 0.2) is 0 Å². The maximum Gasteiger partial charge on any atom is 0.489 e. The Morgan fingerprint density at radius 2 is 1.87 bits per heavy atom. The molecule has 0 bridgehead atoms. The largest absolute Gasteiger partial charge is 0.489 e. The molecule has 1 rings (SSSR count). The van der Waals surface area contributed by atoms with Crippen molar-refractivity contribution >= 4 is 12.6 Å². The third-order valence-corrected chi connectivity index (χ3v) is 2.32. The van der Waals surface area contributed by atoms with Gasteiger partial charge in [0.05, 0.1) is 11.6 Å². The van der Waals surface area contributed by atoms with E-state index in [0.29, 0.717) is 5.56 Å². The van der Waals surface area contributed by atoms with Crippen molar-refractivity contribution in [3.63, 3.8) is 0 Å². The predicted octanol–water partition coefficient (Wildman–Crippen LogP) is 0.536. The molecule has 0 aromatic heterocycles. The molecule has 0 fully saturated rings. The smallest absolute Gasteiger partial charge is 0.423 e. The molecule has 2 N–H and O–H groups in total. The maximum absolute atomic E-state index is 9.03. The zero-order valence-electron chi connectivity index (χ0n) is 9.15. The molecule has 0 saturated heterocycles. The molecular weight excluding hydrogens is 189 g/mol. The van der Waals surface area contributed by atoms with E-state index >= 15 is 0 Å². The molecule has 0 amide bonds. The lowest BCUT2D eigenvalue weighted by atomic mass is 9.75. The second kappa shape index (κ2) is 4.05. The van der Waals surface area contributed by atoms with Gasteiger partial charge in [-0.25, -0.2) is 0 Å². The summed E-state index contributed by atoms with van der Waals surface area (Å²) in [7, 11) is -1.59. The molecule has 15 heavy (non-hydrogen) atoms. The Morgan fingerprint density at radius 1 is 1.27 bits per heavy atom. The molecule has 0 radical (unpaired) electrons. The summed E-state index contributed by atoms with van der Waals surface area (Å²) in [6.07, 6.45) is 0. The molecule has 0 unspecified atom stereocenters. The van der Waals surface area contributed by atoms with Gasteiger partial charge >= 0.3 is 7.12 Å². The van der Waals surface area contributed by atoms with Crippen molar-refractivity contribution in [1.82, 2.24) is 0 Å². The lowest BCUT2D eigenvalue weighted by molar-refractivity contribution is 0.425. The SMILES string of the molecule is CC(C)(C)c1ccc(B(O)O)c(C#N)c1. The quantitative estimate of drug-likeness (QED) is 0.654. The summed E-state index contributed by atoms with van der Waals surface area (Å²) in [6.45, 7) is 6.12. The van der Waals surface area contributed by atoms with Gasteiger partial charge in [0.2, 0.25) is 0 Å². The Bertz CT molecular complexity index is 402. The topological polar surface area (TPSA) is 64.2 Å². The van der Waals surface area contributed by atoms with Crippen molar-refractivity contribution in [2.75, 3.05) is 0 Å². The van der Waals surface area contributed by atoms with Gasteiger partial charge in [-0.3, -0.25) is 0 Å². The number of hydrogen-bond acceptors (Lipinski definition) is 3.